The van der Waals surface area contributed by atoms with Crippen LogP contribution in [0.3, 0.4) is 0 Å². The van der Waals surface area contributed by atoms with Gasteiger partial charge in [-0.1, -0.05) is 27.7 Å². The van der Waals surface area contributed by atoms with Crippen molar-refractivity contribution in [1.82, 2.24) is 4.98 Å². The van der Waals surface area contributed by atoms with Gasteiger partial charge in [-0.2, -0.15) is 0 Å². The largest absolute Gasteiger partial charge is 0.381 e. The zero-order valence-corrected chi connectivity index (χ0v) is 11.4. The molecule has 2 N–H and O–H groups in total. The van der Waals surface area contributed by atoms with Crippen molar-refractivity contribution in [3.05, 3.63) is 17.7 Å². The fraction of sp³-hybridized carbons (Fsp3) is 0.615. The van der Waals surface area contributed by atoms with Crippen molar-refractivity contribution in [2.75, 3.05) is 23.7 Å². The van der Waals surface area contributed by atoms with Crippen LogP contribution in [0.4, 0.5) is 20.4 Å². The van der Waals surface area contributed by atoms with Crippen LogP contribution in [-0.2, 0) is 0 Å². The van der Waals surface area contributed by atoms with Gasteiger partial charge < -0.3 is 10.6 Å². The number of halogens is 2. The van der Waals surface area contributed by atoms with Crippen LogP contribution in [-0.4, -0.2) is 18.1 Å². The van der Waals surface area contributed by atoms with Crippen LogP contribution in [0.15, 0.2) is 6.07 Å². The number of aromatic nitrogens is 1. The molecule has 102 valence electrons. The van der Waals surface area contributed by atoms with E-state index in [0.29, 0.717) is 24.9 Å². The Bertz CT molecular complexity index is 395. The van der Waals surface area contributed by atoms with E-state index >= 15 is 0 Å². The topological polar surface area (TPSA) is 42.2 Å². The lowest BCUT2D eigenvalue weighted by Crippen LogP contribution is -2.33. The zero-order chi connectivity index (χ0) is 13.9. The third-order valence-corrected chi connectivity index (χ3v) is 2.41. The molecule has 0 bridgehead atoms. The zero-order valence-electron chi connectivity index (χ0n) is 11.4. The average molecular weight is 257 g/mol. The first-order valence-corrected chi connectivity index (χ1v) is 6.17. The summed E-state index contributed by atoms with van der Waals surface area (Å²) in [5.41, 5.74) is 5.41. The Labute approximate surface area is 107 Å². The molecule has 0 aliphatic rings. The van der Waals surface area contributed by atoms with E-state index in [-0.39, 0.29) is 11.6 Å². The second-order valence-corrected chi connectivity index (χ2v) is 5.35. The maximum atomic E-state index is 13.8. The molecule has 0 aliphatic heterocycles. The second kappa shape index (κ2) is 5.98. The molecular weight excluding hydrogens is 236 g/mol. The Hall–Kier alpha value is -1.39. The summed E-state index contributed by atoms with van der Waals surface area (Å²) >= 11 is 0. The van der Waals surface area contributed by atoms with Gasteiger partial charge in [-0.05, 0) is 11.8 Å². The van der Waals surface area contributed by atoms with Gasteiger partial charge >= 0.3 is 0 Å². The summed E-state index contributed by atoms with van der Waals surface area (Å²) in [4.78, 5) is 5.65. The molecule has 0 unspecified atom stereocenters. The van der Waals surface area contributed by atoms with Crippen LogP contribution in [0, 0.1) is 23.5 Å². The maximum Gasteiger partial charge on any atom is 0.168 e. The van der Waals surface area contributed by atoms with E-state index in [0.717, 1.165) is 6.07 Å². The molecule has 0 aliphatic carbocycles. The fourth-order valence-corrected chi connectivity index (χ4v) is 1.82. The van der Waals surface area contributed by atoms with E-state index in [1.807, 2.05) is 32.6 Å². The maximum absolute atomic E-state index is 13.8. The molecule has 0 fully saturated rings. The summed E-state index contributed by atoms with van der Waals surface area (Å²) in [6, 6.07) is 0.797. The summed E-state index contributed by atoms with van der Waals surface area (Å²) in [6.07, 6.45) is 0. The molecule has 1 heterocycles. The highest BCUT2D eigenvalue weighted by Gasteiger charge is 2.18. The Balaban J connectivity index is 3.07. The van der Waals surface area contributed by atoms with Crippen LogP contribution < -0.4 is 10.6 Å². The third kappa shape index (κ3) is 3.82. The monoisotopic (exact) mass is 257 g/mol. The summed E-state index contributed by atoms with van der Waals surface area (Å²) in [6.45, 7) is 9.48. The van der Waals surface area contributed by atoms with Crippen molar-refractivity contribution < 1.29 is 8.78 Å². The predicted octanol–water partition coefficient (Wildman–Crippen LogP) is 3.06. The molecule has 0 atom stereocenters. The molecule has 18 heavy (non-hydrogen) atoms. The van der Waals surface area contributed by atoms with E-state index in [2.05, 4.69) is 4.98 Å². The van der Waals surface area contributed by atoms with Crippen LogP contribution in [0.25, 0.3) is 0 Å². The fourth-order valence-electron chi connectivity index (χ4n) is 1.82. The Morgan fingerprint density at radius 1 is 1.11 bits per heavy atom. The molecular formula is C13H21F2N3. The number of hydrogen-bond acceptors (Lipinski definition) is 3. The van der Waals surface area contributed by atoms with Crippen molar-refractivity contribution >= 4 is 11.6 Å². The average Bonchev–Trinajstić information content (AvgIpc) is 2.21. The van der Waals surface area contributed by atoms with Gasteiger partial charge in [-0.3, -0.25) is 0 Å². The molecule has 0 spiro atoms. The molecule has 0 saturated carbocycles. The third-order valence-electron chi connectivity index (χ3n) is 2.41. The predicted molar refractivity (Wildman–Crippen MR) is 70.5 cm³/mol. The number of pyridine rings is 1. The Morgan fingerprint density at radius 2 is 1.61 bits per heavy atom. The molecule has 0 radical (unpaired) electrons. The molecule has 1 aromatic heterocycles. The lowest BCUT2D eigenvalue weighted by Gasteiger charge is -2.27. The van der Waals surface area contributed by atoms with Crippen LogP contribution in [0.2, 0.25) is 0 Å². The molecule has 1 aromatic rings. The highest BCUT2D eigenvalue weighted by Crippen LogP contribution is 2.22. The number of nitrogen functional groups attached to an aromatic ring is 1. The van der Waals surface area contributed by atoms with Crippen molar-refractivity contribution in [3.8, 4) is 0 Å². The minimum atomic E-state index is -0.815. The lowest BCUT2D eigenvalue weighted by molar-refractivity contribution is 0.524. The normalized spacial score (nSPS) is 11.3. The van der Waals surface area contributed by atoms with E-state index in [1.165, 1.54) is 0 Å². The van der Waals surface area contributed by atoms with Crippen LogP contribution >= 0.6 is 0 Å². The highest BCUT2D eigenvalue weighted by atomic mass is 19.1. The van der Waals surface area contributed by atoms with Gasteiger partial charge in [0.05, 0.1) is 0 Å². The SMILES string of the molecule is CC(C)CN(CC(C)C)c1nc(N)c(F)cc1F. The van der Waals surface area contributed by atoms with Gasteiger partial charge in [0.2, 0.25) is 0 Å². The summed E-state index contributed by atoms with van der Waals surface area (Å²) in [7, 11) is 0. The first-order valence-electron chi connectivity index (χ1n) is 6.17. The first kappa shape index (κ1) is 14.7. The standard InChI is InChI=1S/C13H21F2N3/c1-8(2)6-18(7-9(3)4)13-11(15)5-10(14)12(16)17-13/h5,8-9H,6-7H2,1-4H3,(H2,16,17). The lowest BCUT2D eigenvalue weighted by atomic mass is 10.1. The van der Waals surface area contributed by atoms with Crippen molar-refractivity contribution in [2.45, 2.75) is 27.7 Å². The van der Waals surface area contributed by atoms with Crippen molar-refractivity contribution in [1.29, 1.82) is 0 Å². The minimum absolute atomic E-state index is 0.135. The quantitative estimate of drug-likeness (QED) is 0.881. The van der Waals surface area contributed by atoms with E-state index in [1.54, 1.807) is 0 Å². The van der Waals surface area contributed by atoms with Crippen LogP contribution in [0.1, 0.15) is 27.7 Å². The van der Waals surface area contributed by atoms with E-state index in [9.17, 15) is 8.78 Å². The van der Waals surface area contributed by atoms with Gasteiger partial charge in [-0.15, -0.1) is 0 Å². The van der Waals surface area contributed by atoms with Gasteiger partial charge in [-0.25, -0.2) is 13.8 Å². The van der Waals surface area contributed by atoms with E-state index < -0.39 is 11.6 Å². The molecule has 5 heteroatoms. The number of hydrogen-bond donors (Lipinski definition) is 1. The highest BCUT2D eigenvalue weighted by molar-refractivity contribution is 5.47. The number of rotatable bonds is 5. The number of nitrogens with zero attached hydrogens (tertiary/aromatic N) is 2. The molecule has 3 nitrogen and oxygen atoms in total. The smallest absolute Gasteiger partial charge is 0.168 e. The molecule has 0 amide bonds. The minimum Gasteiger partial charge on any atom is -0.381 e. The number of nitrogens with two attached hydrogens (primary N) is 1. The van der Waals surface area contributed by atoms with Crippen molar-refractivity contribution in [3.63, 3.8) is 0 Å². The Morgan fingerprint density at radius 3 is 2.06 bits per heavy atom. The van der Waals surface area contributed by atoms with E-state index in [4.69, 9.17) is 5.73 Å². The Kier molecular flexibility index (Phi) is 4.87. The molecule has 0 saturated heterocycles. The first-order chi connectivity index (χ1) is 8.31. The molecule has 1 rings (SSSR count). The van der Waals surface area contributed by atoms with Gasteiger partial charge in [0.25, 0.3) is 0 Å². The number of anilines is 2. The van der Waals surface area contributed by atoms with Gasteiger partial charge in [0.15, 0.2) is 23.3 Å². The summed E-state index contributed by atoms with van der Waals surface area (Å²) in [5.74, 6) is -0.888. The second-order valence-electron chi connectivity index (χ2n) is 5.35. The van der Waals surface area contributed by atoms with Crippen LogP contribution in [0.5, 0.6) is 0 Å². The summed E-state index contributed by atoms with van der Waals surface area (Å²) < 4.78 is 26.9. The molecule has 0 aromatic carbocycles. The van der Waals surface area contributed by atoms with Gasteiger partial charge in [0, 0.05) is 19.2 Å². The summed E-state index contributed by atoms with van der Waals surface area (Å²) in [5, 5.41) is 0. The van der Waals surface area contributed by atoms with Crippen molar-refractivity contribution in [2.24, 2.45) is 11.8 Å². The van der Waals surface area contributed by atoms with Gasteiger partial charge in [0.1, 0.15) is 0 Å².